The number of likely N-dealkylation sites (tertiary alicyclic amines) is 1. The summed E-state index contributed by atoms with van der Waals surface area (Å²) in [6.07, 6.45) is 3.29. The quantitative estimate of drug-likeness (QED) is 0.862. The predicted octanol–water partition coefficient (Wildman–Crippen LogP) is 3.10. The van der Waals surface area contributed by atoms with Crippen molar-refractivity contribution in [3.05, 3.63) is 46.9 Å². The van der Waals surface area contributed by atoms with Gasteiger partial charge in [0.25, 0.3) is 5.91 Å². The molecule has 6 nitrogen and oxygen atoms in total. The van der Waals surface area contributed by atoms with E-state index in [1.165, 1.54) is 12.8 Å². The number of aryl methyl sites for hydroxylation is 1. The molecule has 2 aromatic rings. The fraction of sp³-hybridized carbons (Fsp3) is 0.450. The number of benzene rings is 1. The lowest BCUT2D eigenvalue weighted by Gasteiger charge is -2.13. The van der Waals surface area contributed by atoms with E-state index in [1.807, 2.05) is 24.3 Å². The second-order valence-corrected chi connectivity index (χ2v) is 6.77. The minimum atomic E-state index is -0.190. The van der Waals surface area contributed by atoms with Crippen molar-refractivity contribution in [2.75, 3.05) is 19.9 Å². The van der Waals surface area contributed by atoms with Gasteiger partial charge in [0.1, 0.15) is 5.76 Å². The van der Waals surface area contributed by atoms with Gasteiger partial charge in [-0.3, -0.25) is 9.69 Å². The van der Waals surface area contributed by atoms with Crippen LogP contribution in [-0.2, 0) is 19.5 Å². The molecule has 3 heterocycles. The van der Waals surface area contributed by atoms with E-state index in [0.29, 0.717) is 12.3 Å². The Morgan fingerprint density at radius 2 is 1.96 bits per heavy atom. The van der Waals surface area contributed by atoms with Crippen LogP contribution in [-0.4, -0.2) is 30.7 Å². The smallest absolute Gasteiger partial charge is 0.287 e. The van der Waals surface area contributed by atoms with E-state index in [4.69, 9.17) is 13.9 Å². The van der Waals surface area contributed by atoms with Crippen LogP contribution in [0.5, 0.6) is 11.5 Å². The number of ether oxygens (including phenoxy) is 2. The van der Waals surface area contributed by atoms with Crippen LogP contribution in [0.25, 0.3) is 0 Å². The Morgan fingerprint density at radius 1 is 1.15 bits per heavy atom. The summed E-state index contributed by atoms with van der Waals surface area (Å²) in [6, 6.07) is 7.57. The summed E-state index contributed by atoms with van der Waals surface area (Å²) in [5, 5.41) is 2.92. The standard InChI is InChI=1S/C20H24N2O4/c1-2-16-15(12-22-7-3-4-8-22)10-19(26-16)20(23)21-11-14-5-6-17-18(9-14)25-13-24-17/h5-6,9-10H,2-4,7-8,11-13H2,1H3,(H,21,23). The summed E-state index contributed by atoms with van der Waals surface area (Å²) in [5.74, 6) is 2.56. The molecule has 1 fully saturated rings. The lowest BCUT2D eigenvalue weighted by atomic mass is 10.2. The number of rotatable bonds is 6. The summed E-state index contributed by atoms with van der Waals surface area (Å²) >= 11 is 0. The Bertz CT molecular complexity index is 793. The first kappa shape index (κ1) is 17.0. The third-order valence-electron chi connectivity index (χ3n) is 4.92. The van der Waals surface area contributed by atoms with Crippen LogP contribution in [0.3, 0.4) is 0 Å². The Hall–Kier alpha value is -2.47. The van der Waals surface area contributed by atoms with Crippen molar-refractivity contribution in [3.63, 3.8) is 0 Å². The van der Waals surface area contributed by atoms with Crippen molar-refractivity contribution in [2.45, 2.75) is 39.3 Å². The molecule has 1 N–H and O–H groups in total. The summed E-state index contributed by atoms with van der Waals surface area (Å²) in [7, 11) is 0. The number of nitrogens with one attached hydrogen (secondary N) is 1. The SMILES string of the molecule is CCc1oc(C(=O)NCc2ccc3c(c2)OCO3)cc1CN1CCCC1. The number of hydrogen-bond donors (Lipinski definition) is 1. The molecule has 138 valence electrons. The highest BCUT2D eigenvalue weighted by molar-refractivity contribution is 5.91. The van der Waals surface area contributed by atoms with Gasteiger partial charge in [-0.15, -0.1) is 0 Å². The molecule has 1 amide bonds. The molecule has 4 rings (SSSR count). The summed E-state index contributed by atoms with van der Waals surface area (Å²) in [6.45, 7) is 5.83. The Morgan fingerprint density at radius 3 is 2.77 bits per heavy atom. The van der Waals surface area contributed by atoms with Crippen molar-refractivity contribution in [1.29, 1.82) is 0 Å². The van der Waals surface area contributed by atoms with E-state index < -0.39 is 0 Å². The number of fused-ring (bicyclic) bond motifs is 1. The van der Waals surface area contributed by atoms with Gasteiger partial charge in [-0.2, -0.15) is 0 Å². The second-order valence-electron chi connectivity index (χ2n) is 6.77. The van der Waals surface area contributed by atoms with E-state index in [9.17, 15) is 4.79 Å². The van der Waals surface area contributed by atoms with Crippen LogP contribution in [0.2, 0.25) is 0 Å². The lowest BCUT2D eigenvalue weighted by Crippen LogP contribution is -2.22. The number of carbonyl (C=O) groups is 1. The molecular formula is C20H24N2O4. The molecule has 0 spiro atoms. The number of nitrogens with zero attached hydrogens (tertiary/aromatic N) is 1. The zero-order valence-corrected chi connectivity index (χ0v) is 15.0. The van der Waals surface area contributed by atoms with Gasteiger partial charge in [-0.05, 0) is 49.7 Å². The minimum Gasteiger partial charge on any atom is -0.456 e. The fourth-order valence-corrected chi connectivity index (χ4v) is 3.51. The number of furan rings is 1. The Kier molecular flexibility index (Phi) is 4.84. The van der Waals surface area contributed by atoms with Gasteiger partial charge in [0.05, 0.1) is 0 Å². The van der Waals surface area contributed by atoms with E-state index in [-0.39, 0.29) is 12.7 Å². The van der Waals surface area contributed by atoms with Gasteiger partial charge in [0.15, 0.2) is 17.3 Å². The highest BCUT2D eigenvalue weighted by Gasteiger charge is 2.20. The normalized spacial score (nSPS) is 16.2. The van der Waals surface area contributed by atoms with Gasteiger partial charge in [-0.25, -0.2) is 0 Å². The molecule has 0 aliphatic carbocycles. The van der Waals surface area contributed by atoms with Crippen LogP contribution in [0.1, 0.15) is 47.2 Å². The summed E-state index contributed by atoms with van der Waals surface area (Å²) < 4.78 is 16.5. The fourth-order valence-electron chi connectivity index (χ4n) is 3.51. The summed E-state index contributed by atoms with van der Waals surface area (Å²) in [4.78, 5) is 14.9. The third-order valence-corrected chi connectivity index (χ3v) is 4.92. The average Bonchev–Trinajstić information content (AvgIpc) is 3.40. The molecule has 1 saturated heterocycles. The molecule has 26 heavy (non-hydrogen) atoms. The first-order valence-electron chi connectivity index (χ1n) is 9.23. The molecule has 6 heteroatoms. The van der Waals surface area contributed by atoms with Crippen LogP contribution in [0.4, 0.5) is 0 Å². The van der Waals surface area contributed by atoms with E-state index in [0.717, 1.165) is 54.4 Å². The Balaban J connectivity index is 1.40. The van der Waals surface area contributed by atoms with Crippen LogP contribution in [0, 0.1) is 0 Å². The van der Waals surface area contributed by atoms with Gasteiger partial charge < -0.3 is 19.2 Å². The predicted molar refractivity (Wildman–Crippen MR) is 96.3 cm³/mol. The highest BCUT2D eigenvalue weighted by atomic mass is 16.7. The first-order chi connectivity index (χ1) is 12.7. The van der Waals surface area contributed by atoms with Crippen molar-refractivity contribution >= 4 is 5.91 Å². The Labute approximate surface area is 153 Å². The molecule has 2 aliphatic rings. The minimum absolute atomic E-state index is 0.190. The van der Waals surface area contributed by atoms with Crippen LogP contribution < -0.4 is 14.8 Å². The van der Waals surface area contributed by atoms with E-state index in [1.54, 1.807) is 0 Å². The monoisotopic (exact) mass is 356 g/mol. The molecule has 1 aromatic carbocycles. The zero-order valence-electron chi connectivity index (χ0n) is 15.0. The number of amides is 1. The highest BCUT2D eigenvalue weighted by Crippen LogP contribution is 2.32. The maximum absolute atomic E-state index is 12.5. The van der Waals surface area contributed by atoms with Gasteiger partial charge in [0.2, 0.25) is 6.79 Å². The van der Waals surface area contributed by atoms with Gasteiger partial charge in [0, 0.05) is 25.1 Å². The number of carbonyl (C=O) groups excluding carboxylic acids is 1. The van der Waals surface area contributed by atoms with Crippen LogP contribution >= 0.6 is 0 Å². The van der Waals surface area contributed by atoms with Crippen LogP contribution in [0.15, 0.2) is 28.7 Å². The molecule has 0 saturated carbocycles. The molecule has 0 atom stereocenters. The maximum Gasteiger partial charge on any atom is 0.287 e. The molecule has 0 unspecified atom stereocenters. The molecular weight excluding hydrogens is 332 g/mol. The summed E-state index contributed by atoms with van der Waals surface area (Å²) in [5.41, 5.74) is 2.09. The average molecular weight is 356 g/mol. The number of hydrogen-bond acceptors (Lipinski definition) is 5. The zero-order chi connectivity index (χ0) is 17.9. The molecule has 0 radical (unpaired) electrons. The maximum atomic E-state index is 12.5. The van der Waals surface area contributed by atoms with Crippen molar-refractivity contribution in [3.8, 4) is 11.5 Å². The largest absolute Gasteiger partial charge is 0.456 e. The second kappa shape index (κ2) is 7.41. The van der Waals surface area contributed by atoms with Crippen molar-refractivity contribution in [2.24, 2.45) is 0 Å². The first-order valence-corrected chi connectivity index (χ1v) is 9.23. The molecule has 1 aromatic heterocycles. The van der Waals surface area contributed by atoms with Gasteiger partial charge in [-0.1, -0.05) is 13.0 Å². The third kappa shape index (κ3) is 3.55. The van der Waals surface area contributed by atoms with Crippen molar-refractivity contribution < 1.29 is 18.7 Å². The van der Waals surface area contributed by atoms with Crippen molar-refractivity contribution in [1.82, 2.24) is 10.2 Å². The van der Waals surface area contributed by atoms with E-state index >= 15 is 0 Å². The molecule has 0 bridgehead atoms. The molecule has 2 aliphatic heterocycles. The van der Waals surface area contributed by atoms with Gasteiger partial charge >= 0.3 is 0 Å². The van der Waals surface area contributed by atoms with E-state index in [2.05, 4.69) is 17.1 Å². The lowest BCUT2D eigenvalue weighted by molar-refractivity contribution is 0.0921. The topological polar surface area (TPSA) is 63.9 Å².